The molecule has 0 aliphatic heterocycles. The van der Waals surface area contributed by atoms with Gasteiger partial charge in [0.15, 0.2) is 0 Å². The predicted molar refractivity (Wildman–Crippen MR) is 131 cm³/mol. The van der Waals surface area contributed by atoms with Crippen molar-refractivity contribution in [2.45, 2.75) is 60.3 Å². The van der Waals surface area contributed by atoms with E-state index in [0.29, 0.717) is 5.82 Å². The topological polar surface area (TPSA) is 55.0 Å². The number of nitrogens with zero attached hydrogens (tertiary/aromatic N) is 3. The maximum Gasteiger partial charge on any atom is 0.137 e. The highest BCUT2D eigenvalue weighted by Crippen LogP contribution is 2.39. The van der Waals surface area contributed by atoms with Gasteiger partial charge in [0.1, 0.15) is 11.6 Å². The summed E-state index contributed by atoms with van der Waals surface area (Å²) in [6.07, 6.45) is 5.83. The summed E-state index contributed by atoms with van der Waals surface area (Å²) in [4.78, 5) is 11.9. The van der Waals surface area contributed by atoms with Crippen molar-refractivity contribution in [2.75, 3.05) is 23.7 Å². The van der Waals surface area contributed by atoms with Gasteiger partial charge in [0.2, 0.25) is 0 Å². The number of rotatable bonds is 8. The van der Waals surface area contributed by atoms with E-state index < -0.39 is 0 Å². The molecule has 0 atom stereocenters. The molecule has 0 radical (unpaired) electrons. The second-order valence-electron chi connectivity index (χ2n) is 7.86. The summed E-state index contributed by atoms with van der Waals surface area (Å²) in [7, 11) is 0. The van der Waals surface area contributed by atoms with Crippen LogP contribution in [0.4, 0.5) is 11.6 Å². The molecule has 0 spiro atoms. The highest BCUT2D eigenvalue weighted by Gasteiger charge is 2.19. The van der Waals surface area contributed by atoms with Crippen LogP contribution in [0.1, 0.15) is 57.2 Å². The molecule has 30 heavy (non-hydrogen) atoms. The lowest BCUT2D eigenvalue weighted by atomic mass is 9.93. The van der Waals surface area contributed by atoms with E-state index >= 15 is 0 Å². The molecule has 4 nitrogen and oxygen atoms in total. The quantitative estimate of drug-likeness (QED) is 0.443. The minimum absolute atomic E-state index is 0.515. The number of aromatic nitrogens is 2. The van der Waals surface area contributed by atoms with Gasteiger partial charge in [-0.3, -0.25) is 0 Å². The van der Waals surface area contributed by atoms with E-state index in [1.807, 2.05) is 12.3 Å². The zero-order chi connectivity index (χ0) is 21.8. The Balaban J connectivity index is 2.35. The second-order valence-corrected chi connectivity index (χ2v) is 8.24. The Hall–Kier alpha value is -2.33. The molecule has 0 fully saturated rings. The molecule has 3 aromatic rings. The largest absolute Gasteiger partial charge is 0.384 e. The Bertz CT molecular complexity index is 1010. The molecule has 160 valence electrons. The number of aryl methyl sites for hydroxylation is 2. The van der Waals surface area contributed by atoms with Gasteiger partial charge in [-0.15, -0.1) is 0 Å². The molecule has 0 bridgehead atoms. The average molecular weight is 425 g/mol. The Kier molecular flexibility index (Phi) is 7.19. The number of hydrogen-bond acceptors (Lipinski definition) is 4. The van der Waals surface area contributed by atoms with E-state index in [1.54, 1.807) is 0 Å². The van der Waals surface area contributed by atoms with E-state index in [4.69, 9.17) is 22.3 Å². The number of nitrogen functional groups attached to an aromatic ring is 1. The van der Waals surface area contributed by atoms with Crippen LogP contribution < -0.4 is 10.6 Å². The summed E-state index contributed by atoms with van der Waals surface area (Å²) in [5.41, 5.74) is 11.7. The normalized spacial score (nSPS) is 11.3. The third-order valence-corrected chi connectivity index (χ3v) is 6.16. The van der Waals surface area contributed by atoms with Gasteiger partial charge in [-0.05, 0) is 61.4 Å². The highest BCUT2D eigenvalue weighted by molar-refractivity contribution is 6.34. The Morgan fingerprint density at radius 2 is 1.63 bits per heavy atom. The van der Waals surface area contributed by atoms with Gasteiger partial charge in [0.05, 0.1) is 10.7 Å². The van der Waals surface area contributed by atoms with Gasteiger partial charge in [0, 0.05) is 35.6 Å². The first-order chi connectivity index (χ1) is 14.4. The van der Waals surface area contributed by atoms with Gasteiger partial charge >= 0.3 is 0 Å². The van der Waals surface area contributed by atoms with Gasteiger partial charge in [-0.1, -0.05) is 45.4 Å². The molecule has 2 N–H and O–H groups in total. The first-order valence-electron chi connectivity index (χ1n) is 11.1. The number of hydrogen-bond donors (Lipinski definition) is 1. The SMILES string of the molecule is CCCN(CCC)c1nc(-c2c(C)c(CC)cc(CC)c2Cl)cc2cnc(N)cc12. The van der Waals surface area contributed by atoms with Crippen molar-refractivity contribution in [3.05, 3.63) is 46.1 Å². The minimum atomic E-state index is 0.515. The number of pyridine rings is 2. The van der Waals surface area contributed by atoms with Crippen molar-refractivity contribution < 1.29 is 0 Å². The molecule has 0 aliphatic rings. The third kappa shape index (κ3) is 4.24. The lowest BCUT2D eigenvalue weighted by molar-refractivity contribution is 0.738. The third-order valence-electron chi connectivity index (χ3n) is 5.73. The molecular weight excluding hydrogens is 392 g/mol. The smallest absolute Gasteiger partial charge is 0.137 e. The van der Waals surface area contributed by atoms with E-state index in [1.165, 1.54) is 16.7 Å². The molecule has 5 heteroatoms. The van der Waals surface area contributed by atoms with Crippen LogP contribution in [-0.4, -0.2) is 23.1 Å². The Morgan fingerprint density at radius 1 is 0.967 bits per heavy atom. The number of halogens is 1. The summed E-state index contributed by atoms with van der Waals surface area (Å²) >= 11 is 6.92. The lowest BCUT2D eigenvalue weighted by Gasteiger charge is -2.25. The van der Waals surface area contributed by atoms with Crippen LogP contribution in [0.25, 0.3) is 22.0 Å². The average Bonchev–Trinajstić information content (AvgIpc) is 2.73. The summed E-state index contributed by atoms with van der Waals surface area (Å²) in [5.74, 6) is 1.48. The summed E-state index contributed by atoms with van der Waals surface area (Å²) in [6.45, 7) is 12.8. The Labute approximate surface area is 185 Å². The molecule has 0 aliphatic carbocycles. The maximum atomic E-state index is 6.92. The van der Waals surface area contributed by atoms with Gasteiger partial charge in [0.25, 0.3) is 0 Å². The van der Waals surface area contributed by atoms with E-state index in [2.05, 4.69) is 56.6 Å². The fourth-order valence-electron chi connectivity index (χ4n) is 4.17. The molecule has 3 rings (SSSR count). The molecule has 0 saturated heterocycles. The van der Waals surface area contributed by atoms with Crippen molar-refractivity contribution in [2.24, 2.45) is 0 Å². The fraction of sp³-hybridized carbons (Fsp3) is 0.440. The first kappa shape index (κ1) is 22.4. The van der Waals surface area contributed by atoms with Crippen molar-refractivity contribution in [3.8, 4) is 11.3 Å². The van der Waals surface area contributed by atoms with Gasteiger partial charge in [-0.2, -0.15) is 0 Å². The highest BCUT2D eigenvalue weighted by atomic mass is 35.5. The molecule has 2 heterocycles. The van der Waals surface area contributed by atoms with Crippen LogP contribution in [0.3, 0.4) is 0 Å². The predicted octanol–water partition coefficient (Wildman–Crippen LogP) is 6.59. The fourth-order valence-corrected chi connectivity index (χ4v) is 4.60. The number of benzene rings is 1. The monoisotopic (exact) mass is 424 g/mol. The number of anilines is 2. The molecule has 0 unspecified atom stereocenters. The van der Waals surface area contributed by atoms with Crippen molar-refractivity contribution >= 4 is 34.0 Å². The van der Waals surface area contributed by atoms with Crippen LogP contribution >= 0.6 is 11.6 Å². The van der Waals surface area contributed by atoms with Crippen molar-refractivity contribution in [1.82, 2.24) is 9.97 Å². The van der Waals surface area contributed by atoms with Crippen molar-refractivity contribution in [1.29, 1.82) is 0 Å². The van der Waals surface area contributed by atoms with Gasteiger partial charge in [-0.25, -0.2) is 9.97 Å². The van der Waals surface area contributed by atoms with Crippen LogP contribution in [0, 0.1) is 6.92 Å². The molecule has 2 aromatic heterocycles. The van der Waals surface area contributed by atoms with Crippen LogP contribution in [0.5, 0.6) is 0 Å². The first-order valence-corrected chi connectivity index (χ1v) is 11.4. The lowest BCUT2D eigenvalue weighted by Crippen LogP contribution is -2.26. The molecule has 0 amide bonds. The van der Waals surface area contributed by atoms with Crippen LogP contribution in [0.15, 0.2) is 24.4 Å². The summed E-state index contributed by atoms with van der Waals surface area (Å²) < 4.78 is 0. The van der Waals surface area contributed by atoms with Crippen LogP contribution in [0.2, 0.25) is 5.02 Å². The van der Waals surface area contributed by atoms with Gasteiger partial charge < -0.3 is 10.6 Å². The van der Waals surface area contributed by atoms with E-state index in [-0.39, 0.29) is 0 Å². The van der Waals surface area contributed by atoms with E-state index in [9.17, 15) is 0 Å². The molecule has 1 aromatic carbocycles. The zero-order valence-electron chi connectivity index (χ0n) is 18.8. The molecular formula is C25H33ClN4. The Morgan fingerprint density at radius 3 is 2.23 bits per heavy atom. The zero-order valence-corrected chi connectivity index (χ0v) is 19.6. The van der Waals surface area contributed by atoms with Crippen molar-refractivity contribution in [3.63, 3.8) is 0 Å². The number of nitrogens with two attached hydrogens (primary N) is 1. The molecule has 0 saturated carbocycles. The van der Waals surface area contributed by atoms with Crippen LogP contribution in [-0.2, 0) is 12.8 Å². The summed E-state index contributed by atoms with van der Waals surface area (Å²) in [6, 6.07) is 6.29. The van der Waals surface area contributed by atoms with E-state index in [0.717, 1.165) is 71.6 Å². The standard InChI is InChI=1S/C25H33ClN4/c1-6-10-30(11-7-2)25-20-14-22(27)28-15-19(20)13-21(29-25)23-16(5)17(8-3)12-18(9-4)24(23)26/h12-15H,6-11H2,1-5H3,(H2,27,28). The maximum absolute atomic E-state index is 6.92. The minimum Gasteiger partial charge on any atom is -0.384 e. The number of fused-ring (bicyclic) bond motifs is 1. The second kappa shape index (κ2) is 9.65. The summed E-state index contributed by atoms with van der Waals surface area (Å²) in [5, 5.41) is 2.90.